The molecule has 0 N–H and O–H groups in total. The van der Waals surface area contributed by atoms with E-state index in [4.69, 9.17) is 15.4 Å². The van der Waals surface area contributed by atoms with Crippen molar-refractivity contribution in [1.29, 1.82) is 0 Å². The summed E-state index contributed by atoms with van der Waals surface area (Å²) in [6.07, 6.45) is -0.145. The first-order valence-electron chi connectivity index (χ1n) is 3.06. The van der Waals surface area contributed by atoms with E-state index in [9.17, 15) is 8.42 Å². The van der Waals surface area contributed by atoms with Gasteiger partial charge in [0.1, 0.15) is 0 Å². The highest BCUT2D eigenvalue weighted by Crippen LogP contribution is 2.04. The van der Waals surface area contributed by atoms with Crippen molar-refractivity contribution >= 4 is 19.9 Å². The zero-order valence-corrected chi connectivity index (χ0v) is 8.32. The summed E-state index contributed by atoms with van der Waals surface area (Å²) in [5, 5.41) is 0. The first kappa shape index (κ1) is 11.2. The molecule has 0 bridgehead atoms. The second kappa shape index (κ2) is 4.25. The molecule has 0 aliphatic rings. The maximum Gasteiger partial charge on any atom is 0.299 e. The van der Waals surface area contributed by atoms with Crippen molar-refractivity contribution in [3.8, 4) is 0 Å². The smallest absolute Gasteiger partial charge is 0.299 e. The fourth-order valence-corrected chi connectivity index (χ4v) is 1.08. The Morgan fingerprint density at radius 2 is 2.09 bits per heavy atom. The monoisotopic (exact) mass is 201 g/mol. The first-order valence-corrected chi connectivity index (χ1v) is 5.33. The van der Waals surface area contributed by atoms with E-state index in [0.29, 0.717) is 0 Å². The van der Waals surface area contributed by atoms with Crippen LogP contribution in [0.1, 0.15) is 6.92 Å². The maximum absolute atomic E-state index is 10.6. The summed E-state index contributed by atoms with van der Waals surface area (Å²) in [6.45, 7) is 2.03. The average molecular weight is 202 g/mol. The van der Waals surface area contributed by atoms with E-state index in [1.807, 2.05) is 0 Å². The third-order valence-corrected chi connectivity index (χ3v) is 2.89. The molecule has 0 spiro atoms. The molecule has 0 saturated heterocycles. The number of ether oxygens (including phenoxy) is 1. The van der Waals surface area contributed by atoms with Crippen LogP contribution in [0.15, 0.2) is 0 Å². The minimum absolute atomic E-state index is 0.145. The van der Waals surface area contributed by atoms with Crippen LogP contribution in [0.2, 0.25) is 0 Å². The number of methoxy groups -OCH3 is 1. The number of rotatable bonds is 4. The Hall–Kier alpha value is 0.160. The molecule has 6 heteroatoms. The molecule has 0 fully saturated rings. The van der Waals surface area contributed by atoms with Gasteiger partial charge in [0.25, 0.3) is 9.24 Å². The molecule has 1 unspecified atom stereocenters. The molecule has 68 valence electrons. The van der Waals surface area contributed by atoms with Gasteiger partial charge in [0.05, 0.1) is 6.10 Å². The van der Waals surface area contributed by atoms with Gasteiger partial charge in [-0.2, -0.15) is 12.7 Å². The van der Waals surface area contributed by atoms with Crippen LogP contribution < -0.4 is 0 Å². The molecular weight excluding hydrogens is 190 g/mol. The summed E-state index contributed by atoms with van der Waals surface area (Å²) in [7, 11) is 4.36. The van der Waals surface area contributed by atoms with Crippen LogP contribution in [0.25, 0.3) is 0 Å². The quantitative estimate of drug-likeness (QED) is 0.620. The fourth-order valence-electron chi connectivity index (χ4n) is 0.526. The molecular formula is C5H12ClNO3S. The average Bonchev–Trinajstić information content (AvgIpc) is 1.85. The van der Waals surface area contributed by atoms with Crippen molar-refractivity contribution in [2.75, 3.05) is 20.7 Å². The predicted molar refractivity (Wildman–Crippen MR) is 43.9 cm³/mol. The Kier molecular flexibility index (Phi) is 4.31. The highest BCUT2D eigenvalue weighted by Gasteiger charge is 2.15. The lowest BCUT2D eigenvalue weighted by molar-refractivity contribution is 0.104. The van der Waals surface area contributed by atoms with Crippen LogP contribution in [0.5, 0.6) is 0 Å². The first-order chi connectivity index (χ1) is 4.88. The van der Waals surface area contributed by atoms with Gasteiger partial charge in [0.15, 0.2) is 0 Å². The zero-order valence-electron chi connectivity index (χ0n) is 6.74. The largest absolute Gasteiger partial charge is 0.380 e. The molecule has 0 rings (SSSR count). The molecule has 1 atom stereocenters. The Balaban J connectivity index is 3.98. The molecule has 0 amide bonds. The molecule has 0 aliphatic carbocycles. The minimum Gasteiger partial charge on any atom is -0.380 e. The highest BCUT2D eigenvalue weighted by molar-refractivity contribution is 8.11. The third kappa shape index (κ3) is 4.58. The van der Waals surface area contributed by atoms with Crippen LogP contribution in [-0.4, -0.2) is 39.5 Å². The van der Waals surface area contributed by atoms with Crippen molar-refractivity contribution < 1.29 is 13.2 Å². The van der Waals surface area contributed by atoms with Gasteiger partial charge in [-0.1, -0.05) is 0 Å². The van der Waals surface area contributed by atoms with E-state index in [1.165, 1.54) is 14.2 Å². The second-order valence-electron chi connectivity index (χ2n) is 2.27. The Morgan fingerprint density at radius 3 is 2.36 bits per heavy atom. The van der Waals surface area contributed by atoms with Gasteiger partial charge in [-0.15, -0.1) is 0 Å². The summed E-state index contributed by atoms with van der Waals surface area (Å²) in [5.41, 5.74) is 0. The Labute approximate surface area is 71.6 Å². The minimum atomic E-state index is -3.58. The molecule has 0 aliphatic heterocycles. The van der Waals surface area contributed by atoms with Crippen LogP contribution in [0.3, 0.4) is 0 Å². The molecule has 0 saturated carbocycles. The summed E-state index contributed by atoms with van der Waals surface area (Å²) in [6, 6.07) is 0. The molecule has 0 aromatic heterocycles. The van der Waals surface area contributed by atoms with Gasteiger partial charge in [-0.25, -0.2) is 0 Å². The molecule has 4 nitrogen and oxygen atoms in total. The van der Waals surface area contributed by atoms with Crippen LogP contribution in [0.4, 0.5) is 0 Å². The van der Waals surface area contributed by atoms with Crippen molar-refractivity contribution in [2.45, 2.75) is 13.0 Å². The van der Waals surface area contributed by atoms with Crippen molar-refractivity contribution in [3.05, 3.63) is 0 Å². The van der Waals surface area contributed by atoms with E-state index in [-0.39, 0.29) is 12.6 Å². The zero-order chi connectivity index (χ0) is 9.07. The lowest BCUT2D eigenvalue weighted by atomic mass is 10.4. The third-order valence-electron chi connectivity index (χ3n) is 1.29. The van der Waals surface area contributed by atoms with Gasteiger partial charge >= 0.3 is 0 Å². The van der Waals surface area contributed by atoms with Crippen LogP contribution in [-0.2, 0) is 14.0 Å². The van der Waals surface area contributed by atoms with Gasteiger partial charge in [-0.3, -0.25) is 0 Å². The van der Waals surface area contributed by atoms with E-state index < -0.39 is 9.24 Å². The highest BCUT2D eigenvalue weighted by atomic mass is 35.7. The van der Waals surface area contributed by atoms with Gasteiger partial charge in [-0.05, 0) is 6.92 Å². The van der Waals surface area contributed by atoms with Crippen molar-refractivity contribution in [1.82, 2.24) is 4.31 Å². The van der Waals surface area contributed by atoms with Gasteiger partial charge in [0, 0.05) is 31.4 Å². The molecule has 0 radical (unpaired) electrons. The molecule has 11 heavy (non-hydrogen) atoms. The topological polar surface area (TPSA) is 46.6 Å². The standard InChI is InChI=1S/C5H12ClNO3S/c1-5(10-3)4-7(2)11(6,8)9/h5H,4H2,1-3H3. The Bertz CT molecular complexity index is 204. The molecule has 0 aromatic rings. The second-order valence-corrected chi connectivity index (χ2v) is 4.89. The summed E-state index contributed by atoms with van der Waals surface area (Å²) >= 11 is 0. The molecule has 0 aromatic carbocycles. The maximum atomic E-state index is 10.6. The number of likely N-dealkylation sites (N-methyl/N-ethyl adjacent to an activating group) is 1. The van der Waals surface area contributed by atoms with E-state index in [0.717, 1.165) is 4.31 Å². The van der Waals surface area contributed by atoms with E-state index in [2.05, 4.69) is 0 Å². The van der Waals surface area contributed by atoms with E-state index >= 15 is 0 Å². The number of nitrogens with zero attached hydrogens (tertiary/aromatic N) is 1. The van der Waals surface area contributed by atoms with Crippen LogP contribution >= 0.6 is 10.7 Å². The lowest BCUT2D eigenvalue weighted by Crippen LogP contribution is -2.30. The fraction of sp³-hybridized carbons (Fsp3) is 1.00. The molecule has 0 heterocycles. The van der Waals surface area contributed by atoms with Crippen molar-refractivity contribution in [2.24, 2.45) is 0 Å². The Morgan fingerprint density at radius 1 is 1.64 bits per heavy atom. The summed E-state index contributed by atoms with van der Waals surface area (Å²) in [4.78, 5) is 0. The van der Waals surface area contributed by atoms with E-state index in [1.54, 1.807) is 6.92 Å². The predicted octanol–water partition coefficient (Wildman–Crippen LogP) is 0.437. The van der Waals surface area contributed by atoms with Crippen molar-refractivity contribution in [3.63, 3.8) is 0 Å². The normalized spacial score (nSPS) is 15.4. The number of hydrogen-bond acceptors (Lipinski definition) is 3. The van der Waals surface area contributed by atoms with Gasteiger partial charge < -0.3 is 4.74 Å². The number of hydrogen-bond donors (Lipinski definition) is 0. The van der Waals surface area contributed by atoms with Gasteiger partial charge in [0.2, 0.25) is 0 Å². The number of halogens is 1. The SMILES string of the molecule is COC(C)CN(C)S(=O)(=O)Cl. The summed E-state index contributed by atoms with van der Waals surface area (Å²) in [5.74, 6) is 0. The summed E-state index contributed by atoms with van der Waals surface area (Å²) < 4.78 is 27.1. The van der Waals surface area contributed by atoms with Crippen LogP contribution in [0, 0.1) is 0 Å². The lowest BCUT2D eigenvalue weighted by Gasteiger charge is -2.16.